The number of pyridine rings is 1. The number of nitrogens with zero attached hydrogens (tertiary/aromatic N) is 1. The number of aryl methyl sites for hydroxylation is 2. The summed E-state index contributed by atoms with van der Waals surface area (Å²) in [6, 6.07) is 16.4. The van der Waals surface area contributed by atoms with E-state index in [2.05, 4.69) is 48.6 Å². The number of aromatic nitrogens is 1. The van der Waals surface area contributed by atoms with Gasteiger partial charge in [0.05, 0.1) is 11.1 Å². The van der Waals surface area contributed by atoms with Crippen LogP contribution in [0, 0.1) is 13.8 Å². The molecular weight excluding hydrogens is 356 g/mol. The van der Waals surface area contributed by atoms with Gasteiger partial charge < -0.3 is 5.32 Å². The third-order valence-electron chi connectivity index (χ3n) is 5.69. The molecule has 29 heavy (non-hydrogen) atoms. The lowest BCUT2D eigenvalue weighted by Gasteiger charge is -2.14. The van der Waals surface area contributed by atoms with E-state index in [4.69, 9.17) is 4.98 Å². The van der Waals surface area contributed by atoms with Crippen LogP contribution in [0.15, 0.2) is 60.2 Å². The molecule has 0 spiro atoms. The van der Waals surface area contributed by atoms with Crippen LogP contribution >= 0.6 is 0 Å². The number of amides is 1. The van der Waals surface area contributed by atoms with Gasteiger partial charge in [0.25, 0.3) is 5.91 Å². The minimum Gasteiger partial charge on any atom is -0.352 e. The van der Waals surface area contributed by atoms with Crippen molar-refractivity contribution in [3.8, 4) is 11.1 Å². The molecule has 1 heterocycles. The summed E-state index contributed by atoms with van der Waals surface area (Å²) < 4.78 is 0. The molecule has 3 aromatic rings. The van der Waals surface area contributed by atoms with E-state index in [0.717, 1.165) is 34.1 Å². The monoisotopic (exact) mass is 384 g/mol. The summed E-state index contributed by atoms with van der Waals surface area (Å²) in [5.41, 5.74) is 7.34. The average Bonchev–Trinajstić information content (AvgIpc) is 2.74. The van der Waals surface area contributed by atoms with E-state index in [1.807, 2.05) is 25.1 Å². The smallest absolute Gasteiger partial charge is 0.252 e. The molecule has 1 amide bonds. The molecule has 0 aliphatic heterocycles. The number of rotatable bonds is 5. The highest BCUT2D eigenvalue weighted by Crippen LogP contribution is 2.30. The third kappa shape index (κ3) is 4.40. The molecule has 4 rings (SSSR count). The van der Waals surface area contributed by atoms with Crippen molar-refractivity contribution < 1.29 is 4.79 Å². The van der Waals surface area contributed by atoms with Crippen LogP contribution in [0.5, 0.6) is 0 Å². The van der Waals surface area contributed by atoms with Gasteiger partial charge in [0, 0.05) is 23.2 Å². The molecule has 1 N–H and O–H groups in total. The number of hydrogen-bond donors (Lipinski definition) is 1. The van der Waals surface area contributed by atoms with Gasteiger partial charge in [0.15, 0.2) is 0 Å². The standard InChI is InChI=1S/C26H28N2O/c1-18-11-13-21(14-12-18)22-9-6-10-23-24(17-19(2)28-25(22)23)26(29)27-16-15-20-7-4-3-5-8-20/h6-7,9-14,17H,3-5,8,15-16H2,1-2H3,(H,27,29). The molecule has 1 aliphatic rings. The fraction of sp³-hybridized carbons (Fsp3) is 0.308. The minimum absolute atomic E-state index is 0.0158. The van der Waals surface area contributed by atoms with Crippen LogP contribution in [0.1, 0.15) is 53.7 Å². The van der Waals surface area contributed by atoms with E-state index >= 15 is 0 Å². The Morgan fingerprint density at radius 1 is 1.07 bits per heavy atom. The van der Waals surface area contributed by atoms with E-state index in [1.165, 1.54) is 36.8 Å². The van der Waals surface area contributed by atoms with E-state index in [0.29, 0.717) is 12.1 Å². The van der Waals surface area contributed by atoms with E-state index < -0.39 is 0 Å². The van der Waals surface area contributed by atoms with Crippen molar-refractivity contribution in [1.82, 2.24) is 10.3 Å². The molecule has 0 unspecified atom stereocenters. The largest absolute Gasteiger partial charge is 0.352 e. The fourth-order valence-corrected chi connectivity index (χ4v) is 4.09. The lowest BCUT2D eigenvalue weighted by atomic mass is 9.97. The second-order valence-electron chi connectivity index (χ2n) is 7.99. The maximum Gasteiger partial charge on any atom is 0.252 e. The van der Waals surface area contributed by atoms with Gasteiger partial charge in [-0.2, -0.15) is 0 Å². The van der Waals surface area contributed by atoms with Crippen LogP contribution in [0.3, 0.4) is 0 Å². The summed E-state index contributed by atoms with van der Waals surface area (Å²) in [5, 5.41) is 4.03. The number of benzene rings is 2. The highest BCUT2D eigenvalue weighted by atomic mass is 16.1. The van der Waals surface area contributed by atoms with Crippen molar-refractivity contribution in [2.24, 2.45) is 0 Å². The molecular formula is C26H28N2O. The van der Waals surface area contributed by atoms with Gasteiger partial charge in [-0.1, -0.05) is 59.7 Å². The summed E-state index contributed by atoms with van der Waals surface area (Å²) in [4.78, 5) is 17.8. The van der Waals surface area contributed by atoms with Crippen molar-refractivity contribution in [3.05, 3.63) is 77.0 Å². The lowest BCUT2D eigenvalue weighted by molar-refractivity contribution is 0.0955. The Hall–Kier alpha value is -2.94. The Kier molecular flexibility index (Phi) is 5.75. The van der Waals surface area contributed by atoms with E-state index in [-0.39, 0.29) is 5.91 Å². The van der Waals surface area contributed by atoms with Crippen LogP contribution < -0.4 is 5.32 Å². The SMILES string of the molecule is Cc1ccc(-c2cccc3c(C(=O)NCCC4=CCCCC4)cc(C)nc23)cc1. The zero-order valence-electron chi connectivity index (χ0n) is 17.3. The molecule has 0 bridgehead atoms. The predicted molar refractivity (Wildman–Crippen MR) is 120 cm³/mol. The summed E-state index contributed by atoms with van der Waals surface area (Å²) in [6.07, 6.45) is 8.21. The van der Waals surface area contributed by atoms with Crippen LogP contribution in [0.2, 0.25) is 0 Å². The number of allylic oxidation sites excluding steroid dienone is 1. The topological polar surface area (TPSA) is 42.0 Å². The number of carbonyl (C=O) groups excluding carboxylic acids is 1. The number of fused-ring (bicyclic) bond motifs is 1. The van der Waals surface area contributed by atoms with Crippen molar-refractivity contribution >= 4 is 16.8 Å². The second-order valence-corrected chi connectivity index (χ2v) is 7.99. The van der Waals surface area contributed by atoms with Crippen LogP contribution in [-0.4, -0.2) is 17.4 Å². The summed E-state index contributed by atoms with van der Waals surface area (Å²) in [5.74, 6) is -0.0158. The van der Waals surface area contributed by atoms with Gasteiger partial charge in [-0.05, 0) is 57.6 Å². The maximum atomic E-state index is 13.0. The van der Waals surface area contributed by atoms with Crippen molar-refractivity contribution in [2.45, 2.75) is 46.0 Å². The first-order valence-corrected chi connectivity index (χ1v) is 10.6. The molecule has 3 nitrogen and oxygen atoms in total. The molecule has 0 saturated heterocycles. The Labute approximate surface area is 172 Å². The van der Waals surface area contributed by atoms with E-state index in [9.17, 15) is 4.79 Å². The van der Waals surface area contributed by atoms with Gasteiger partial charge in [0.1, 0.15) is 0 Å². The molecule has 2 aromatic carbocycles. The van der Waals surface area contributed by atoms with Crippen LogP contribution in [0.4, 0.5) is 0 Å². The molecule has 3 heteroatoms. The molecule has 0 fully saturated rings. The van der Waals surface area contributed by atoms with Gasteiger partial charge >= 0.3 is 0 Å². The minimum atomic E-state index is -0.0158. The van der Waals surface area contributed by atoms with Gasteiger partial charge in [-0.25, -0.2) is 0 Å². The molecule has 0 saturated carbocycles. The summed E-state index contributed by atoms with van der Waals surface area (Å²) in [7, 11) is 0. The van der Waals surface area contributed by atoms with Crippen molar-refractivity contribution in [3.63, 3.8) is 0 Å². The number of hydrogen-bond acceptors (Lipinski definition) is 2. The normalized spacial score (nSPS) is 13.9. The first-order chi connectivity index (χ1) is 14.1. The number of nitrogens with one attached hydrogen (secondary N) is 1. The molecule has 0 radical (unpaired) electrons. The van der Waals surface area contributed by atoms with E-state index in [1.54, 1.807) is 0 Å². The van der Waals surface area contributed by atoms with Crippen LogP contribution in [0.25, 0.3) is 22.0 Å². The maximum absolute atomic E-state index is 13.0. The number of para-hydroxylation sites is 1. The van der Waals surface area contributed by atoms with Gasteiger partial charge in [-0.15, -0.1) is 0 Å². The lowest BCUT2D eigenvalue weighted by Crippen LogP contribution is -2.25. The number of carbonyl (C=O) groups is 1. The zero-order chi connectivity index (χ0) is 20.2. The van der Waals surface area contributed by atoms with Gasteiger partial charge in [-0.3, -0.25) is 9.78 Å². The predicted octanol–water partition coefficient (Wildman–Crippen LogP) is 6.14. The second kappa shape index (κ2) is 8.60. The molecule has 148 valence electrons. The third-order valence-corrected chi connectivity index (χ3v) is 5.69. The Morgan fingerprint density at radius 2 is 1.90 bits per heavy atom. The quantitative estimate of drug-likeness (QED) is 0.537. The van der Waals surface area contributed by atoms with Gasteiger partial charge in [0.2, 0.25) is 0 Å². The molecule has 1 aromatic heterocycles. The zero-order valence-corrected chi connectivity index (χ0v) is 17.3. The fourth-order valence-electron chi connectivity index (χ4n) is 4.09. The Bertz CT molecular complexity index is 1060. The summed E-state index contributed by atoms with van der Waals surface area (Å²) in [6.45, 7) is 4.72. The molecule has 0 atom stereocenters. The first-order valence-electron chi connectivity index (χ1n) is 10.6. The van der Waals surface area contributed by atoms with Crippen molar-refractivity contribution in [2.75, 3.05) is 6.54 Å². The molecule has 1 aliphatic carbocycles. The highest BCUT2D eigenvalue weighted by molar-refractivity contribution is 6.09. The Morgan fingerprint density at radius 3 is 2.66 bits per heavy atom. The Balaban J connectivity index is 1.62. The highest BCUT2D eigenvalue weighted by Gasteiger charge is 2.15. The summed E-state index contributed by atoms with van der Waals surface area (Å²) >= 11 is 0. The van der Waals surface area contributed by atoms with Crippen LogP contribution in [-0.2, 0) is 0 Å². The average molecular weight is 385 g/mol. The first kappa shape index (κ1) is 19.4. The van der Waals surface area contributed by atoms with Crippen molar-refractivity contribution in [1.29, 1.82) is 0 Å².